The number of carbonyl (C=O) groups is 3. The molecule has 3 N–H and O–H groups in total. The molecule has 1 saturated heterocycles. The lowest BCUT2D eigenvalue weighted by molar-refractivity contribution is 0.0625. The van der Waals surface area contributed by atoms with E-state index in [-0.39, 0.29) is 34.1 Å². The van der Waals surface area contributed by atoms with E-state index >= 15 is 0 Å². The molecule has 1 aromatic heterocycles. The Morgan fingerprint density at radius 3 is 1.96 bits per heavy atom. The number of anilines is 3. The Morgan fingerprint density at radius 2 is 1.43 bits per heavy atom. The van der Waals surface area contributed by atoms with Gasteiger partial charge in [-0.1, -0.05) is 43.2 Å². The minimum Gasteiger partial charge on any atom is -0.478 e. The maximum Gasteiger partial charge on any atom is 0.413 e. The number of rotatable bonds is 9. The number of aromatic carboxylic acids is 1. The summed E-state index contributed by atoms with van der Waals surface area (Å²) < 4.78 is 16.9. The molecule has 12 nitrogen and oxygen atoms in total. The van der Waals surface area contributed by atoms with Crippen LogP contribution in [0.2, 0.25) is 5.02 Å². The Bertz CT molecular complexity index is 1840. The highest BCUT2D eigenvalue weighted by atomic mass is 35.5. The second-order valence-electron chi connectivity index (χ2n) is 16.6. The monoisotopic (exact) mass is 761 g/mol. The number of carbonyl (C=O) groups excluding carboxylic acids is 2. The van der Waals surface area contributed by atoms with E-state index in [4.69, 9.17) is 25.8 Å². The first kappa shape index (κ1) is 40.4. The SMILES string of the molecule is CC1(C)CCC(CN2CCN(c3ccc(C(=O)O)c(Oc4cc(NC(=O)OC(C)(C)C)nc(NC(=O)OC(C)(C)C)c4)c3)CC2)=C(c2ccc(Cl)cc2)C1. The number of benzene rings is 2. The first-order valence-electron chi connectivity index (χ1n) is 18.2. The summed E-state index contributed by atoms with van der Waals surface area (Å²) in [6.45, 7) is 19.1. The molecule has 3 aromatic rings. The van der Waals surface area contributed by atoms with Gasteiger partial charge in [0.05, 0.1) is 0 Å². The minimum atomic E-state index is -1.17. The van der Waals surface area contributed by atoms with Gasteiger partial charge in [-0.3, -0.25) is 15.5 Å². The molecule has 0 spiro atoms. The standard InChI is InChI=1S/C41H52ClN5O7/c1-39(2,3)53-37(50)44-34-22-30(23-35(43-34)45-38(51)54-40(4,5)6)52-33-21-29(13-14-31(33)36(48)49)47-19-17-46(18-20-47)25-27-15-16-41(7,8)24-32(27)26-9-11-28(42)12-10-26/h9-14,21-23H,15-20,24-25H2,1-8H3,(H,48,49)(H2,43,44,45,50,51). The van der Waals surface area contributed by atoms with Crippen molar-refractivity contribution in [3.63, 3.8) is 0 Å². The van der Waals surface area contributed by atoms with Crippen molar-refractivity contribution in [2.45, 2.75) is 85.9 Å². The predicted molar refractivity (Wildman–Crippen MR) is 212 cm³/mol. The van der Waals surface area contributed by atoms with Crippen LogP contribution in [-0.2, 0) is 9.47 Å². The topological polar surface area (TPSA) is 143 Å². The fourth-order valence-corrected chi connectivity index (χ4v) is 6.63. The molecular formula is C41H52ClN5O7. The van der Waals surface area contributed by atoms with Crippen LogP contribution in [0.4, 0.5) is 26.9 Å². The number of ether oxygens (including phenoxy) is 3. The van der Waals surface area contributed by atoms with Crippen LogP contribution >= 0.6 is 11.6 Å². The zero-order chi connectivity index (χ0) is 39.4. The van der Waals surface area contributed by atoms with Crippen LogP contribution < -0.4 is 20.3 Å². The van der Waals surface area contributed by atoms with Crippen molar-refractivity contribution in [2.24, 2.45) is 5.41 Å². The van der Waals surface area contributed by atoms with E-state index in [1.54, 1.807) is 53.7 Å². The van der Waals surface area contributed by atoms with Crippen molar-refractivity contribution in [3.05, 3.63) is 76.3 Å². The summed E-state index contributed by atoms with van der Waals surface area (Å²) in [5.41, 5.74) is 3.57. The van der Waals surface area contributed by atoms with E-state index in [0.717, 1.165) is 62.7 Å². The minimum absolute atomic E-state index is 0.00724. The average molecular weight is 762 g/mol. The second kappa shape index (κ2) is 16.3. The van der Waals surface area contributed by atoms with Gasteiger partial charge in [0, 0.05) is 61.6 Å². The molecule has 0 saturated carbocycles. The number of nitrogens with one attached hydrogen (secondary N) is 2. The lowest BCUT2D eigenvalue weighted by atomic mass is 9.72. The number of allylic oxidation sites excluding steroid dienone is 1. The van der Waals surface area contributed by atoms with E-state index in [0.29, 0.717) is 0 Å². The summed E-state index contributed by atoms with van der Waals surface area (Å²) in [5, 5.41) is 15.9. The van der Waals surface area contributed by atoms with Crippen molar-refractivity contribution in [1.29, 1.82) is 0 Å². The summed E-state index contributed by atoms with van der Waals surface area (Å²) in [5.74, 6) is -0.953. The molecule has 2 heterocycles. The Labute approximate surface area is 322 Å². The van der Waals surface area contributed by atoms with Crippen LogP contribution in [0.25, 0.3) is 5.57 Å². The van der Waals surface area contributed by atoms with Gasteiger partial charge in [-0.25, -0.2) is 19.4 Å². The van der Waals surface area contributed by atoms with E-state index in [2.05, 4.69) is 51.4 Å². The summed E-state index contributed by atoms with van der Waals surface area (Å²) in [4.78, 5) is 46.6. The fourth-order valence-electron chi connectivity index (χ4n) is 6.50. The predicted octanol–water partition coefficient (Wildman–Crippen LogP) is 9.71. The van der Waals surface area contributed by atoms with Gasteiger partial charge in [0.25, 0.3) is 0 Å². The molecule has 0 unspecified atom stereocenters. The van der Waals surface area contributed by atoms with Gasteiger partial charge in [-0.15, -0.1) is 0 Å². The smallest absolute Gasteiger partial charge is 0.413 e. The van der Waals surface area contributed by atoms with Gasteiger partial charge in [0.1, 0.15) is 39.9 Å². The van der Waals surface area contributed by atoms with Crippen molar-refractivity contribution < 1.29 is 33.7 Å². The van der Waals surface area contributed by atoms with Crippen molar-refractivity contribution in [2.75, 3.05) is 48.3 Å². The molecule has 0 atom stereocenters. The molecule has 290 valence electrons. The first-order chi connectivity index (χ1) is 25.2. The third-order valence-corrected chi connectivity index (χ3v) is 9.26. The van der Waals surface area contributed by atoms with Crippen LogP contribution in [0.1, 0.15) is 90.6 Å². The van der Waals surface area contributed by atoms with Crippen LogP contribution in [0.5, 0.6) is 11.5 Å². The summed E-state index contributed by atoms with van der Waals surface area (Å²) in [7, 11) is 0. The molecule has 2 aromatic carbocycles. The molecule has 1 fully saturated rings. The van der Waals surface area contributed by atoms with E-state index in [1.807, 2.05) is 12.1 Å². The van der Waals surface area contributed by atoms with Crippen molar-refractivity contribution in [1.82, 2.24) is 9.88 Å². The normalized spacial score (nSPS) is 16.4. The third kappa shape index (κ3) is 11.6. The highest BCUT2D eigenvalue weighted by molar-refractivity contribution is 6.30. The second-order valence-corrected chi connectivity index (χ2v) is 17.0. The molecule has 2 aliphatic rings. The van der Waals surface area contributed by atoms with Gasteiger partial charge in [0.2, 0.25) is 0 Å². The molecule has 54 heavy (non-hydrogen) atoms. The molecule has 1 aliphatic carbocycles. The average Bonchev–Trinajstić information content (AvgIpc) is 3.04. The quantitative estimate of drug-likeness (QED) is 0.193. The maximum atomic E-state index is 12.6. The molecular weight excluding hydrogens is 710 g/mol. The van der Waals surface area contributed by atoms with Crippen LogP contribution in [-0.4, -0.2) is 77.1 Å². The number of pyridine rings is 1. The molecule has 1 aliphatic heterocycles. The number of halogens is 1. The van der Waals surface area contributed by atoms with Crippen LogP contribution in [0.15, 0.2) is 60.2 Å². The van der Waals surface area contributed by atoms with Gasteiger partial charge in [-0.2, -0.15) is 0 Å². The van der Waals surface area contributed by atoms with Gasteiger partial charge < -0.3 is 24.2 Å². The number of piperazine rings is 1. The largest absolute Gasteiger partial charge is 0.478 e. The van der Waals surface area contributed by atoms with Gasteiger partial charge in [0.15, 0.2) is 0 Å². The number of hydrogen-bond acceptors (Lipinski definition) is 9. The molecule has 5 rings (SSSR count). The summed E-state index contributed by atoms with van der Waals surface area (Å²) in [6, 6.07) is 16.0. The molecule has 13 heteroatoms. The maximum absolute atomic E-state index is 12.6. The Kier molecular flexibility index (Phi) is 12.2. The van der Waals surface area contributed by atoms with Crippen molar-refractivity contribution >= 4 is 52.7 Å². The first-order valence-corrected chi connectivity index (χ1v) is 18.6. The summed E-state index contributed by atoms with van der Waals surface area (Å²) in [6.07, 6.45) is 1.69. The number of carboxylic acids is 1. The number of carboxylic acid groups (broad SMARTS) is 1. The lowest BCUT2D eigenvalue weighted by Crippen LogP contribution is -2.47. The highest BCUT2D eigenvalue weighted by Gasteiger charge is 2.30. The molecule has 0 radical (unpaired) electrons. The number of amides is 2. The van der Waals surface area contributed by atoms with Crippen LogP contribution in [0, 0.1) is 5.41 Å². The fraction of sp³-hybridized carbons (Fsp3) is 0.463. The van der Waals surface area contributed by atoms with Crippen molar-refractivity contribution in [3.8, 4) is 11.5 Å². The molecule has 2 amide bonds. The summed E-state index contributed by atoms with van der Waals surface area (Å²) >= 11 is 6.21. The Morgan fingerprint density at radius 1 is 0.852 bits per heavy atom. The van der Waals surface area contributed by atoms with Gasteiger partial charge >= 0.3 is 18.2 Å². The highest BCUT2D eigenvalue weighted by Crippen LogP contribution is 2.43. The van der Waals surface area contributed by atoms with Crippen LogP contribution in [0.3, 0.4) is 0 Å². The van der Waals surface area contributed by atoms with E-state index < -0.39 is 29.4 Å². The zero-order valence-corrected chi connectivity index (χ0v) is 33.2. The third-order valence-electron chi connectivity index (χ3n) is 9.01. The zero-order valence-electron chi connectivity index (χ0n) is 32.5. The lowest BCUT2D eigenvalue weighted by Gasteiger charge is -2.39. The Balaban J connectivity index is 1.35. The van der Waals surface area contributed by atoms with E-state index in [1.165, 1.54) is 34.9 Å². The number of aromatic nitrogens is 1. The van der Waals surface area contributed by atoms with E-state index in [9.17, 15) is 19.5 Å². The Hall–Kier alpha value is -4.81. The number of nitrogens with zero attached hydrogens (tertiary/aromatic N) is 3. The molecule has 0 bridgehead atoms. The number of hydrogen-bond donors (Lipinski definition) is 3. The van der Waals surface area contributed by atoms with Gasteiger partial charge in [-0.05, 0) is 102 Å².